The summed E-state index contributed by atoms with van der Waals surface area (Å²) >= 11 is 19.7. The Balaban J connectivity index is 2.35. The Hall–Kier alpha value is -1.07. The van der Waals surface area contributed by atoms with Gasteiger partial charge in [-0.05, 0) is 24.6 Å². The molecule has 0 spiro atoms. The van der Waals surface area contributed by atoms with E-state index in [1.807, 2.05) is 19.1 Å². The Bertz CT molecular complexity index is 848. The normalized spacial score (nSPS) is 11.1. The van der Waals surface area contributed by atoms with Crippen LogP contribution in [-0.4, -0.2) is 17.1 Å². The summed E-state index contributed by atoms with van der Waals surface area (Å²) in [4.78, 5) is 8.90. The summed E-state index contributed by atoms with van der Waals surface area (Å²) < 4.78 is 6.46. The molecule has 0 fully saturated rings. The van der Waals surface area contributed by atoms with Crippen molar-refractivity contribution in [2.45, 2.75) is 6.92 Å². The molecule has 0 saturated carbocycles. The van der Waals surface area contributed by atoms with Gasteiger partial charge in [-0.2, -0.15) is 0 Å². The summed E-state index contributed by atoms with van der Waals surface area (Å²) in [6.45, 7) is 1.95. The number of fused-ring (bicyclic) bond motifs is 1. The van der Waals surface area contributed by atoms with Gasteiger partial charge in [-0.25, -0.2) is 9.97 Å². The van der Waals surface area contributed by atoms with E-state index < -0.39 is 0 Å². The quantitative estimate of drug-likeness (QED) is 0.556. The molecule has 0 amide bonds. The first-order valence-corrected chi connectivity index (χ1v) is 7.92. The third-order valence-electron chi connectivity index (χ3n) is 3.09. The van der Waals surface area contributed by atoms with E-state index in [0.717, 1.165) is 10.9 Å². The molecule has 3 nitrogen and oxygen atoms in total. The molecule has 108 valence electrons. The molecule has 3 rings (SSSR count). The molecule has 0 unspecified atom stereocenters. The molecule has 0 atom stereocenters. The first-order chi connectivity index (χ1) is 10.0. The lowest BCUT2D eigenvalue weighted by Crippen LogP contribution is -1.96. The van der Waals surface area contributed by atoms with Crippen LogP contribution in [-0.2, 0) is 0 Å². The summed E-state index contributed by atoms with van der Waals surface area (Å²) in [5.74, 6) is 1.07. The Morgan fingerprint density at radius 3 is 2.52 bits per heavy atom. The van der Waals surface area contributed by atoms with Crippen molar-refractivity contribution >= 4 is 57.0 Å². The van der Waals surface area contributed by atoms with Crippen molar-refractivity contribution < 1.29 is 4.74 Å². The zero-order valence-corrected chi connectivity index (χ0v) is 14.2. The van der Waals surface area contributed by atoms with Crippen molar-refractivity contribution in [3.63, 3.8) is 0 Å². The lowest BCUT2D eigenvalue weighted by Gasteiger charge is -2.10. The van der Waals surface area contributed by atoms with Gasteiger partial charge in [0.15, 0.2) is 5.82 Å². The van der Waals surface area contributed by atoms with Gasteiger partial charge in [0.2, 0.25) is 0 Å². The van der Waals surface area contributed by atoms with Crippen LogP contribution in [0.15, 0.2) is 18.2 Å². The molecule has 7 heteroatoms. The first kappa shape index (κ1) is 14.9. The molecule has 0 bridgehead atoms. The van der Waals surface area contributed by atoms with E-state index in [1.165, 1.54) is 11.3 Å². The smallest absolute Gasteiger partial charge is 0.164 e. The SMILES string of the molecule is COc1ccc(C)c2c(Cl)nc(-c3cc(Cl)sc3Cl)nc12. The molecule has 0 aliphatic heterocycles. The van der Waals surface area contributed by atoms with Gasteiger partial charge in [-0.1, -0.05) is 40.9 Å². The van der Waals surface area contributed by atoms with Gasteiger partial charge in [0, 0.05) is 5.39 Å². The van der Waals surface area contributed by atoms with Crippen molar-refractivity contribution in [3.05, 3.63) is 37.6 Å². The van der Waals surface area contributed by atoms with Crippen molar-refractivity contribution in [3.8, 4) is 17.1 Å². The van der Waals surface area contributed by atoms with Crippen LogP contribution in [0, 0.1) is 6.92 Å². The van der Waals surface area contributed by atoms with E-state index in [0.29, 0.717) is 36.5 Å². The molecule has 21 heavy (non-hydrogen) atoms. The molecule has 2 aromatic heterocycles. The van der Waals surface area contributed by atoms with E-state index in [9.17, 15) is 0 Å². The van der Waals surface area contributed by atoms with Gasteiger partial charge in [0.25, 0.3) is 0 Å². The molecule has 1 aromatic carbocycles. The molecule has 0 radical (unpaired) electrons. The number of hydrogen-bond donors (Lipinski definition) is 0. The van der Waals surface area contributed by atoms with Crippen LogP contribution in [0.5, 0.6) is 5.75 Å². The molecule has 2 heterocycles. The van der Waals surface area contributed by atoms with Gasteiger partial charge in [0.1, 0.15) is 20.8 Å². The fraction of sp³-hybridized carbons (Fsp3) is 0.143. The number of rotatable bonds is 2. The lowest BCUT2D eigenvalue weighted by atomic mass is 10.1. The highest BCUT2D eigenvalue weighted by atomic mass is 35.5. The number of aryl methyl sites for hydroxylation is 1. The van der Waals surface area contributed by atoms with Crippen molar-refractivity contribution in [1.29, 1.82) is 0 Å². The standard InChI is InChI=1S/C14H9Cl3N2OS/c1-6-3-4-8(20-2)11-10(6)12(16)19-14(18-11)7-5-9(15)21-13(7)17/h3-5H,1-2H3. The molecule has 0 saturated heterocycles. The summed E-state index contributed by atoms with van der Waals surface area (Å²) in [5, 5.41) is 1.14. The lowest BCUT2D eigenvalue weighted by molar-refractivity contribution is 0.419. The number of hydrogen-bond acceptors (Lipinski definition) is 4. The number of halogens is 3. The third kappa shape index (κ3) is 2.57. The minimum atomic E-state index is 0.366. The van der Waals surface area contributed by atoms with Crippen molar-refractivity contribution in [2.24, 2.45) is 0 Å². The Morgan fingerprint density at radius 1 is 1.14 bits per heavy atom. The maximum Gasteiger partial charge on any atom is 0.164 e. The average molecular weight is 360 g/mol. The Kier molecular flexibility index (Phi) is 3.97. The third-order valence-corrected chi connectivity index (χ3v) is 4.86. The Morgan fingerprint density at radius 2 is 1.90 bits per heavy atom. The molecule has 0 N–H and O–H groups in total. The van der Waals surface area contributed by atoms with Crippen LogP contribution >= 0.6 is 46.1 Å². The van der Waals surface area contributed by atoms with E-state index in [1.54, 1.807) is 13.2 Å². The molecule has 3 aromatic rings. The van der Waals surface area contributed by atoms with E-state index in [2.05, 4.69) is 9.97 Å². The van der Waals surface area contributed by atoms with Crippen LogP contribution in [0.1, 0.15) is 5.56 Å². The molecular formula is C14H9Cl3N2OS. The average Bonchev–Trinajstić information content (AvgIpc) is 2.77. The number of nitrogens with zero attached hydrogens (tertiary/aromatic N) is 2. The molecule has 0 aliphatic carbocycles. The fourth-order valence-electron chi connectivity index (χ4n) is 2.10. The van der Waals surface area contributed by atoms with Crippen LogP contribution in [0.4, 0.5) is 0 Å². The molecular weight excluding hydrogens is 351 g/mol. The zero-order valence-electron chi connectivity index (χ0n) is 11.1. The second-order valence-electron chi connectivity index (χ2n) is 4.38. The van der Waals surface area contributed by atoms with Crippen LogP contribution in [0.25, 0.3) is 22.3 Å². The number of aromatic nitrogens is 2. The van der Waals surface area contributed by atoms with Gasteiger partial charge in [-0.3, -0.25) is 0 Å². The minimum absolute atomic E-state index is 0.366. The minimum Gasteiger partial charge on any atom is -0.494 e. The maximum absolute atomic E-state index is 6.33. The van der Waals surface area contributed by atoms with E-state index in [-0.39, 0.29) is 0 Å². The van der Waals surface area contributed by atoms with Gasteiger partial charge < -0.3 is 4.74 Å². The zero-order chi connectivity index (χ0) is 15.1. The number of benzene rings is 1. The summed E-state index contributed by atoms with van der Waals surface area (Å²) in [7, 11) is 1.59. The predicted octanol–water partition coefficient (Wildman–Crippen LogP) is 5.64. The highest BCUT2D eigenvalue weighted by Gasteiger charge is 2.17. The van der Waals surface area contributed by atoms with Crippen molar-refractivity contribution in [1.82, 2.24) is 9.97 Å². The van der Waals surface area contributed by atoms with Crippen LogP contribution in [0.2, 0.25) is 13.8 Å². The maximum atomic E-state index is 6.33. The van der Waals surface area contributed by atoms with Crippen LogP contribution in [0.3, 0.4) is 0 Å². The topological polar surface area (TPSA) is 35.0 Å². The largest absolute Gasteiger partial charge is 0.494 e. The number of ether oxygens (including phenoxy) is 1. The number of thiophene rings is 1. The summed E-state index contributed by atoms with van der Waals surface area (Å²) in [5.41, 5.74) is 2.31. The second kappa shape index (κ2) is 5.61. The fourth-order valence-corrected chi connectivity index (χ4v) is 3.88. The first-order valence-electron chi connectivity index (χ1n) is 5.97. The van der Waals surface area contributed by atoms with Gasteiger partial charge in [0.05, 0.1) is 17.0 Å². The van der Waals surface area contributed by atoms with Crippen LogP contribution < -0.4 is 4.74 Å². The van der Waals surface area contributed by atoms with Gasteiger partial charge in [-0.15, -0.1) is 11.3 Å². The summed E-state index contributed by atoms with van der Waals surface area (Å²) in [6.07, 6.45) is 0. The summed E-state index contributed by atoms with van der Waals surface area (Å²) in [6, 6.07) is 5.51. The second-order valence-corrected chi connectivity index (χ2v) is 7.03. The molecule has 0 aliphatic rings. The number of methoxy groups -OCH3 is 1. The Labute approximate surface area is 140 Å². The van der Waals surface area contributed by atoms with E-state index in [4.69, 9.17) is 39.5 Å². The van der Waals surface area contributed by atoms with Crippen molar-refractivity contribution in [2.75, 3.05) is 7.11 Å². The monoisotopic (exact) mass is 358 g/mol. The van der Waals surface area contributed by atoms with E-state index >= 15 is 0 Å². The predicted molar refractivity (Wildman–Crippen MR) is 89.2 cm³/mol. The van der Waals surface area contributed by atoms with Gasteiger partial charge >= 0.3 is 0 Å². The highest BCUT2D eigenvalue weighted by molar-refractivity contribution is 7.20. The highest BCUT2D eigenvalue weighted by Crippen LogP contribution is 2.39.